The van der Waals surface area contributed by atoms with Gasteiger partial charge < -0.3 is 5.11 Å². The fourth-order valence-electron chi connectivity index (χ4n) is 0.622. The molecular formula is C5H9NO3. The Kier molecular flexibility index (Phi) is 1.89. The van der Waals surface area contributed by atoms with Gasteiger partial charge in [0.15, 0.2) is 0 Å². The van der Waals surface area contributed by atoms with Crippen LogP contribution in [0.3, 0.4) is 0 Å². The van der Waals surface area contributed by atoms with E-state index in [1.54, 1.807) is 0 Å². The predicted octanol–water partition coefficient (Wildman–Crippen LogP) is 0.738. The van der Waals surface area contributed by atoms with Crippen molar-refractivity contribution in [2.24, 2.45) is 0 Å². The van der Waals surface area contributed by atoms with Gasteiger partial charge in [-0.3, -0.25) is 4.84 Å². The van der Waals surface area contributed by atoms with E-state index in [2.05, 4.69) is 4.84 Å². The number of carboxylic acid groups (broad SMARTS) is 1. The van der Waals surface area contributed by atoms with Gasteiger partial charge in [-0.05, 0) is 19.3 Å². The van der Waals surface area contributed by atoms with Crippen LogP contribution in [0, 0.1) is 0 Å². The lowest BCUT2D eigenvalue weighted by Gasteiger charge is -2.23. The van der Waals surface area contributed by atoms with Gasteiger partial charge in [-0.25, -0.2) is 4.79 Å². The molecule has 0 radical (unpaired) electrons. The van der Waals surface area contributed by atoms with Crippen LogP contribution in [0.5, 0.6) is 0 Å². The van der Waals surface area contributed by atoms with Crippen LogP contribution in [0.2, 0.25) is 0 Å². The average molecular weight is 131 g/mol. The van der Waals surface area contributed by atoms with E-state index < -0.39 is 6.09 Å². The van der Waals surface area contributed by atoms with Crippen LogP contribution in [0.25, 0.3) is 0 Å². The van der Waals surface area contributed by atoms with Crippen LogP contribution >= 0.6 is 0 Å². The minimum absolute atomic E-state index is 0.126. The normalized spacial score (nSPS) is 18.7. The minimum Gasteiger partial charge on any atom is -0.464 e. The molecule has 0 aliphatic heterocycles. The van der Waals surface area contributed by atoms with Crippen LogP contribution < -0.4 is 5.48 Å². The van der Waals surface area contributed by atoms with E-state index in [0.29, 0.717) is 0 Å². The van der Waals surface area contributed by atoms with Crippen molar-refractivity contribution in [1.82, 2.24) is 5.48 Å². The average Bonchev–Trinajstić information content (AvgIpc) is 1.60. The van der Waals surface area contributed by atoms with Gasteiger partial charge in [0, 0.05) is 0 Å². The Morgan fingerprint density at radius 3 is 2.67 bits per heavy atom. The van der Waals surface area contributed by atoms with Gasteiger partial charge in [0.25, 0.3) is 0 Å². The summed E-state index contributed by atoms with van der Waals surface area (Å²) in [4.78, 5) is 14.5. The third-order valence-corrected chi connectivity index (χ3v) is 1.37. The summed E-state index contributed by atoms with van der Waals surface area (Å²) in [5, 5.41) is 8.05. The fourth-order valence-corrected chi connectivity index (χ4v) is 0.622. The van der Waals surface area contributed by atoms with Crippen molar-refractivity contribution in [3.8, 4) is 0 Å². The van der Waals surface area contributed by atoms with Gasteiger partial charge >= 0.3 is 6.09 Å². The molecule has 2 N–H and O–H groups in total. The molecule has 0 bridgehead atoms. The molecule has 0 aromatic rings. The third-order valence-electron chi connectivity index (χ3n) is 1.37. The Balaban J connectivity index is 1.97. The zero-order valence-electron chi connectivity index (χ0n) is 4.96. The lowest BCUT2D eigenvalue weighted by atomic mass is 9.97. The van der Waals surface area contributed by atoms with Gasteiger partial charge in [0.05, 0.1) is 6.10 Å². The van der Waals surface area contributed by atoms with Crippen molar-refractivity contribution in [3.63, 3.8) is 0 Å². The molecule has 1 saturated carbocycles. The monoisotopic (exact) mass is 131 g/mol. The summed E-state index contributed by atoms with van der Waals surface area (Å²) in [6.45, 7) is 0. The van der Waals surface area contributed by atoms with Crippen LogP contribution in [-0.4, -0.2) is 17.3 Å². The maximum atomic E-state index is 9.81. The first-order valence-corrected chi connectivity index (χ1v) is 2.93. The van der Waals surface area contributed by atoms with E-state index in [0.717, 1.165) is 19.3 Å². The second-order valence-electron chi connectivity index (χ2n) is 2.08. The molecule has 0 heterocycles. The summed E-state index contributed by atoms with van der Waals surface area (Å²) in [6, 6.07) is 0. The smallest absolute Gasteiger partial charge is 0.428 e. The van der Waals surface area contributed by atoms with Gasteiger partial charge in [-0.2, -0.15) is 5.48 Å². The maximum Gasteiger partial charge on any atom is 0.428 e. The lowest BCUT2D eigenvalue weighted by Crippen LogP contribution is -2.32. The van der Waals surface area contributed by atoms with E-state index in [1.807, 2.05) is 5.48 Å². The quantitative estimate of drug-likeness (QED) is 0.543. The molecule has 4 nitrogen and oxygen atoms in total. The topological polar surface area (TPSA) is 58.6 Å². The van der Waals surface area contributed by atoms with Crippen molar-refractivity contribution in [2.45, 2.75) is 25.4 Å². The summed E-state index contributed by atoms with van der Waals surface area (Å²) < 4.78 is 0. The van der Waals surface area contributed by atoms with Crippen molar-refractivity contribution in [1.29, 1.82) is 0 Å². The molecule has 4 heteroatoms. The molecule has 0 spiro atoms. The van der Waals surface area contributed by atoms with Gasteiger partial charge in [-0.15, -0.1) is 0 Å². The first kappa shape index (κ1) is 6.35. The van der Waals surface area contributed by atoms with E-state index in [9.17, 15) is 4.79 Å². The van der Waals surface area contributed by atoms with Crippen molar-refractivity contribution < 1.29 is 14.7 Å². The SMILES string of the molecule is O=C(O)NOC1CCC1. The van der Waals surface area contributed by atoms with Crippen molar-refractivity contribution in [3.05, 3.63) is 0 Å². The number of rotatable bonds is 2. The van der Waals surface area contributed by atoms with Gasteiger partial charge in [0.1, 0.15) is 0 Å². The molecule has 0 aromatic heterocycles. The van der Waals surface area contributed by atoms with Crippen LogP contribution in [0.1, 0.15) is 19.3 Å². The molecule has 9 heavy (non-hydrogen) atoms. The summed E-state index contributed by atoms with van der Waals surface area (Å²) >= 11 is 0. The minimum atomic E-state index is -1.12. The van der Waals surface area contributed by atoms with Crippen molar-refractivity contribution in [2.75, 3.05) is 0 Å². The summed E-state index contributed by atoms with van der Waals surface area (Å²) in [5.74, 6) is 0. The van der Waals surface area contributed by atoms with E-state index in [-0.39, 0.29) is 6.10 Å². The van der Waals surface area contributed by atoms with Crippen LogP contribution in [0.4, 0.5) is 4.79 Å². The summed E-state index contributed by atoms with van der Waals surface area (Å²) in [6.07, 6.45) is 2.09. The summed E-state index contributed by atoms with van der Waals surface area (Å²) in [5.41, 5.74) is 1.86. The van der Waals surface area contributed by atoms with Gasteiger partial charge in [-0.1, -0.05) is 0 Å². The number of hydrogen-bond acceptors (Lipinski definition) is 2. The molecule has 52 valence electrons. The van der Waals surface area contributed by atoms with Gasteiger partial charge in [0.2, 0.25) is 0 Å². The Morgan fingerprint density at radius 2 is 2.33 bits per heavy atom. The Hall–Kier alpha value is -0.770. The lowest BCUT2D eigenvalue weighted by molar-refractivity contribution is -0.0528. The second-order valence-corrected chi connectivity index (χ2v) is 2.08. The largest absolute Gasteiger partial charge is 0.464 e. The number of hydroxylamine groups is 1. The Bertz CT molecular complexity index is 111. The predicted molar refractivity (Wildman–Crippen MR) is 29.9 cm³/mol. The highest BCUT2D eigenvalue weighted by atomic mass is 16.7. The first-order valence-electron chi connectivity index (χ1n) is 2.93. The molecule has 1 aliphatic carbocycles. The molecule has 0 aromatic carbocycles. The molecule has 0 saturated heterocycles. The number of amides is 1. The Morgan fingerprint density at radius 1 is 1.67 bits per heavy atom. The highest BCUT2D eigenvalue weighted by Crippen LogP contribution is 2.20. The number of carbonyl (C=O) groups is 1. The molecule has 0 atom stereocenters. The fraction of sp³-hybridized carbons (Fsp3) is 0.800. The third kappa shape index (κ3) is 1.89. The zero-order chi connectivity index (χ0) is 6.69. The van der Waals surface area contributed by atoms with Crippen LogP contribution in [-0.2, 0) is 4.84 Å². The molecule has 1 rings (SSSR count). The highest BCUT2D eigenvalue weighted by Gasteiger charge is 2.18. The first-order chi connectivity index (χ1) is 4.29. The van der Waals surface area contributed by atoms with E-state index in [1.165, 1.54) is 0 Å². The van der Waals surface area contributed by atoms with Crippen LogP contribution in [0.15, 0.2) is 0 Å². The second kappa shape index (κ2) is 2.68. The summed E-state index contributed by atoms with van der Waals surface area (Å²) in [7, 11) is 0. The molecule has 1 fully saturated rings. The zero-order valence-corrected chi connectivity index (χ0v) is 4.96. The van der Waals surface area contributed by atoms with Crippen molar-refractivity contribution >= 4 is 6.09 Å². The van der Waals surface area contributed by atoms with E-state index >= 15 is 0 Å². The highest BCUT2D eigenvalue weighted by molar-refractivity contribution is 5.62. The molecule has 1 aliphatic rings. The molecular weight excluding hydrogens is 122 g/mol. The standard InChI is InChI=1S/C5H9NO3/c7-5(8)6-9-4-2-1-3-4/h4,6H,1-3H2,(H,7,8). The maximum absolute atomic E-state index is 9.81. The molecule has 1 amide bonds. The van der Waals surface area contributed by atoms with E-state index in [4.69, 9.17) is 5.11 Å². The Labute approximate surface area is 52.8 Å². The number of hydrogen-bond donors (Lipinski definition) is 2. The number of nitrogens with one attached hydrogen (secondary N) is 1. The molecule has 0 unspecified atom stereocenters.